The van der Waals surface area contributed by atoms with Gasteiger partial charge in [-0.1, -0.05) is 135 Å². The van der Waals surface area contributed by atoms with Gasteiger partial charge < -0.3 is 9.47 Å². The van der Waals surface area contributed by atoms with Crippen LogP contribution in [0.15, 0.2) is 12.2 Å². The fourth-order valence-corrected chi connectivity index (χ4v) is 4.36. The van der Waals surface area contributed by atoms with Crippen LogP contribution in [0.1, 0.15) is 168 Å². The number of ether oxygens (including phenoxy) is 2. The topological polar surface area (TPSA) is 52.6 Å². The highest BCUT2D eigenvalue weighted by Crippen LogP contribution is 2.12. The average molecular weight is 509 g/mol. The number of hydrogen-bond donors (Lipinski definition) is 0. The van der Waals surface area contributed by atoms with Gasteiger partial charge in [-0.25, -0.2) is 0 Å². The van der Waals surface area contributed by atoms with Crippen molar-refractivity contribution in [3.05, 3.63) is 12.2 Å². The predicted octanol–water partition coefficient (Wildman–Crippen LogP) is 10.0. The van der Waals surface area contributed by atoms with Crippen LogP contribution in [-0.4, -0.2) is 25.2 Å². The van der Waals surface area contributed by atoms with Crippen molar-refractivity contribution >= 4 is 11.9 Å². The molecule has 4 nitrogen and oxygen atoms in total. The molecule has 0 amide bonds. The first-order valence-electron chi connectivity index (χ1n) is 15.7. The molecule has 36 heavy (non-hydrogen) atoms. The molecule has 0 aromatic rings. The first-order valence-corrected chi connectivity index (χ1v) is 15.7. The van der Waals surface area contributed by atoms with Crippen molar-refractivity contribution in [2.24, 2.45) is 0 Å². The van der Waals surface area contributed by atoms with E-state index in [-0.39, 0.29) is 11.9 Å². The standard InChI is InChI=1S/C32H60O4/c1-3-5-7-9-11-12-13-14-15-18-22-26-30-36-32(34)28-24-20-17-16-19-23-27-31(33)35-29-25-21-10-8-6-4-2/h22,26H,3-21,23-25,27-30H2,1-2H3/b26-22+. The molecule has 0 bridgehead atoms. The van der Waals surface area contributed by atoms with Gasteiger partial charge in [-0.3, -0.25) is 9.59 Å². The lowest BCUT2D eigenvalue weighted by Crippen LogP contribution is -2.05. The van der Waals surface area contributed by atoms with E-state index in [1.165, 1.54) is 83.5 Å². The van der Waals surface area contributed by atoms with E-state index in [9.17, 15) is 9.59 Å². The zero-order chi connectivity index (χ0) is 26.4. The van der Waals surface area contributed by atoms with Gasteiger partial charge in [0.05, 0.1) is 6.61 Å². The number of hydrogen-bond acceptors (Lipinski definition) is 4. The maximum absolute atomic E-state index is 11.8. The Morgan fingerprint density at radius 1 is 0.472 bits per heavy atom. The molecule has 0 fully saturated rings. The third-order valence-corrected chi connectivity index (χ3v) is 6.75. The lowest BCUT2D eigenvalue weighted by atomic mass is 10.1. The van der Waals surface area contributed by atoms with Crippen molar-refractivity contribution in [1.82, 2.24) is 0 Å². The summed E-state index contributed by atoms with van der Waals surface area (Å²) >= 11 is 0. The Morgan fingerprint density at radius 3 is 1.42 bits per heavy atom. The summed E-state index contributed by atoms with van der Waals surface area (Å²) in [6.45, 7) is 5.47. The van der Waals surface area contributed by atoms with Crippen LogP contribution in [-0.2, 0) is 19.1 Å². The highest BCUT2D eigenvalue weighted by Gasteiger charge is 2.04. The molecular formula is C32H60O4. The molecule has 0 aromatic heterocycles. The highest BCUT2D eigenvalue weighted by molar-refractivity contribution is 5.69. The molecule has 0 aliphatic carbocycles. The lowest BCUT2D eigenvalue weighted by Gasteiger charge is -2.05. The van der Waals surface area contributed by atoms with Gasteiger partial charge in [0.15, 0.2) is 0 Å². The van der Waals surface area contributed by atoms with Crippen LogP contribution >= 0.6 is 0 Å². The van der Waals surface area contributed by atoms with Crippen LogP contribution in [0.2, 0.25) is 0 Å². The maximum atomic E-state index is 11.8. The van der Waals surface area contributed by atoms with Crippen LogP contribution in [0.25, 0.3) is 0 Å². The summed E-state index contributed by atoms with van der Waals surface area (Å²) in [6.07, 6.45) is 31.8. The molecule has 0 heterocycles. The Morgan fingerprint density at radius 2 is 0.889 bits per heavy atom. The molecule has 0 radical (unpaired) electrons. The van der Waals surface area contributed by atoms with Crippen molar-refractivity contribution in [3.8, 4) is 0 Å². The number of rotatable bonds is 28. The van der Waals surface area contributed by atoms with Gasteiger partial charge >= 0.3 is 11.9 Å². The Labute approximate surface area is 224 Å². The number of carbonyl (C=O) groups excluding carboxylic acids is 2. The van der Waals surface area contributed by atoms with E-state index in [2.05, 4.69) is 19.9 Å². The number of allylic oxidation sites excluding steroid dienone is 1. The molecule has 0 atom stereocenters. The van der Waals surface area contributed by atoms with E-state index >= 15 is 0 Å². The fourth-order valence-electron chi connectivity index (χ4n) is 4.36. The first-order chi connectivity index (χ1) is 17.7. The Hall–Kier alpha value is -1.32. The summed E-state index contributed by atoms with van der Waals surface area (Å²) in [4.78, 5) is 23.6. The van der Waals surface area contributed by atoms with Crippen LogP contribution in [0.4, 0.5) is 0 Å². The third-order valence-electron chi connectivity index (χ3n) is 6.75. The largest absolute Gasteiger partial charge is 0.466 e. The van der Waals surface area contributed by atoms with Crippen LogP contribution < -0.4 is 0 Å². The molecule has 0 aliphatic heterocycles. The molecule has 0 spiro atoms. The predicted molar refractivity (Wildman–Crippen MR) is 153 cm³/mol. The summed E-state index contributed by atoms with van der Waals surface area (Å²) in [6, 6.07) is 0. The molecule has 212 valence electrons. The Kier molecular flexibility index (Phi) is 28.8. The second kappa shape index (κ2) is 29.9. The van der Waals surface area contributed by atoms with Gasteiger partial charge in [0, 0.05) is 12.8 Å². The van der Waals surface area contributed by atoms with Gasteiger partial charge in [0.1, 0.15) is 6.61 Å². The van der Waals surface area contributed by atoms with Gasteiger partial charge in [-0.05, 0) is 32.1 Å². The number of carbonyl (C=O) groups is 2. The second-order valence-corrected chi connectivity index (χ2v) is 10.4. The quantitative estimate of drug-likeness (QED) is 0.0599. The number of unbranched alkanes of at least 4 members (excludes halogenated alkanes) is 19. The van der Waals surface area contributed by atoms with E-state index in [4.69, 9.17) is 9.47 Å². The number of esters is 2. The Bertz CT molecular complexity index is 500. The molecule has 4 heteroatoms. The second-order valence-electron chi connectivity index (χ2n) is 10.4. The molecule has 0 aromatic carbocycles. The highest BCUT2D eigenvalue weighted by atomic mass is 16.5. The fraction of sp³-hybridized carbons (Fsp3) is 0.875. The van der Waals surface area contributed by atoms with Crippen molar-refractivity contribution in [2.75, 3.05) is 13.2 Å². The SMILES string of the molecule is CCCCCCCCCCC/C=C/COC(=O)CCCCCCCCC(=O)OCCCCCCCC. The van der Waals surface area contributed by atoms with Gasteiger partial charge in [0.25, 0.3) is 0 Å². The summed E-state index contributed by atoms with van der Waals surface area (Å²) in [7, 11) is 0. The third kappa shape index (κ3) is 28.9. The van der Waals surface area contributed by atoms with E-state index in [0.717, 1.165) is 57.8 Å². The van der Waals surface area contributed by atoms with Crippen LogP contribution in [0.3, 0.4) is 0 Å². The summed E-state index contributed by atoms with van der Waals surface area (Å²) in [5.74, 6) is -0.135. The van der Waals surface area contributed by atoms with Gasteiger partial charge in [-0.2, -0.15) is 0 Å². The summed E-state index contributed by atoms with van der Waals surface area (Å²) < 4.78 is 10.6. The summed E-state index contributed by atoms with van der Waals surface area (Å²) in [5.41, 5.74) is 0. The molecule has 0 saturated heterocycles. The molecule has 0 N–H and O–H groups in total. The average Bonchev–Trinajstić information content (AvgIpc) is 2.87. The molecule has 0 unspecified atom stereocenters. The normalized spacial score (nSPS) is 11.3. The summed E-state index contributed by atoms with van der Waals surface area (Å²) in [5, 5.41) is 0. The monoisotopic (exact) mass is 508 g/mol. The zero-order valence-electron chi connectivity index (χ0n) is 24.2. The van der Waals surface area contributed by atoms with Crippen molar-refractivity contribution in [2.45, 2.75) is 168 Å². The molecule has 0 saturated carbocycles. The van der Waals surface area contributed by atoms with E-state index < -0.39 is 0 Å². The molecule has 0 aliphatic rings. The van der Waals surface area contributed by atoms with E-state index in [0.29, 0.717) is 26.1 Å². The lowest BCUT2D eigenvalue weighted by molar-refractivity contribution is -0.144. The Balaban J connectivity index is 3.31. The van der Waals surface area contributed by atoms with Crippen molar-refractivity contribution in [1.29, 1.82) is 0 Å². The maximum Gasteiger partial charge on any atom is 0.306 e. The van der Waals surface area contributed by atoms with Crippen molar-refractivity contribution in [3.63, 3.8) is 0 Å². The van der Waals surface area contributed by atoms with Gasteiger partial charge in [0.2, 0.25) is 0 Å². The first kappa shape index (κ1) is 34.7. The van der Waals surface area contributed by atoms with E-state index in [1.54, 1.807) is 0 Å². The minimum atomic E-state index is -0.0872. The zero-order valence-corrected chi connectivity index (χ0v) is 24.2. The smallest absolute Gasteiger partial charge is 0.306 e. The minimum Gasteiger partial charge on any atom is -0.466 e. The van der Waals surface area contributed by atoms with Gasteiger partial charge in [-0.15, -0.1) is 0 Å². The van der Waals surface area contributed by atoms with Crippen LogP contribution in [0.5, 0.6) is 0 Å². The molecular weight excluding hydrogens is 448 g/mol. The van der Waals surface area contributed by atoms with Crippen molar-refractivity contribution < 1.29 is 19.1 Å². The minimum absolute atomic E-state index is 0.0477. The van der Waals surface area contributed by atoms with E-state index in [1.807, 2.05) is 6.08 Å². The molecule has 0 rings (SSSR count). The van der Waals surface area contributed by atoms with Crippen LogP contribution in [0, 0.1) is 0 Å².